The summed E-state index contributed by atoms with van der Waals surface area (Å²) in [7, 11) is 2.48. The standard InChI is InChI=1S/C18H12O6/c1-21-17(19)7-9-23-15-5-3-14-12-16(6-4-13(14)11-15)24-10-8-18(20)22-2/h3-6,11-12H,1-2H3. The van der Waals surface area contributed by atoms with Crippen molar-refractivity contribution in [3.05, 3.63) is 36.4 Å². The maximum Gasteiger partial charge on any atom is 0.387 e. The second-order valence-corrected chi connectivity index (χ2v) is 4.31. The van der Waals surface area contributed by atoms with Gasteiger partial charge in [-0.2, -0.15) is 0 Å². The van der Waals surface area contributed by atoms with E-state index in [9.17, 15) is 9.59 Å². The van der Waals surface area contributed by atoms with E-state index in [0.29, 0.717) is 11.5 Å². The molecule has 0 aliphatic carbocycles. The van der Waals surface area contributed by atoms with E-state index in [4.69, 9.17) is 9.47 Å². The average Bonchev–Trinajstić information content (AvgIpc) is 2.61. The van der Waals surface area contributed by atoms with E-state index in [1.807, 2.05) is 0 Å². The molecule has 0 atom stereocenters. The Labute approximate surface area is 138 Å². The van der Waals surface area contributed by atoms with Gasteiger partial charge in [0, 0.05) is 0 Å². The first-order valence-electron chi connectivity index (χ1n) is 6.68. The first kappa shape index (κ1) is 16.7. The predicted octanol–water partition coefficient (Wildman–Crippen LogP) is 1.87. The number of rotatable bonds is 2. The van der Waals surface area contributed by atoms with Gasteiger partial charge >= 0.3 is 11.9 Å². The number of ether oxygens (including phenoxy) is 4. The minimum absolute atomic E-state index is 0.484. The number of esters is 2. The van der Waals surface area contributed by atoms with E-state index in [-0.39, 0.29) is 0 Å². The van der Waals surface area contributed by atoms with Gasteiger partial charge in [0.25, 0.3) is 0 Å². The quantitative estimate of drug-likeness (QED) is 0.620. The summed E-state index contributed by atoms with van der Waals surface area (Å²) < 4.78 is 19.1. The largest absolute Gasteiger partial charge is 0.459 e. The van der Waals surface area contributed by atoms with Crippen LogP contribution in [0.25, 0.3) is 10.8 Å². The maximum atomic E-state index is 10.9. The van der Waals surface area contributed by atoms with Gasteiger partial charge < -0.3 is 18.9 Å². The lowest BCUT2D eigenvalue weighted by atomic mass is 10.1. The zero-order valence-electron chi connectivity index (χ0n) is 12.9. The van der Waals surface area contributed by atoms with E-state index >= 15 is 0 Å². The third-order valence-electron chi connectivity index (χ3n) is 2.80. The third kappa shape index (κ3) is 4.69. The second kappa shape index (κ2) is 8.11. The molecule has 0 radical (unpaired) electrons. The van der Waals surface area contributed by atoms with Crippen LogP contribution in [0.15, 0.2) is 36.4 Å². The molecule has 0 spiro atoms. The van der Waals surface area contributed by atoms with Crippen LogP contribution >= 0.6 is 0 Å². The fourth-order valence-corrected chi connectivity index (χ4v) is 1.68. The van der Waals surface area contributed by atoms with Crippen molar-refractivity contribution in [2.45, 2.75) is 0 Å². The van der Waals surface area contributed by atoms with Gasteiger partial charge in [0.05, 0.1) is 26.1 Å². The Morgan fingerprint density at radius 2 is 1.17 bits per heavy atom. The number of carbonyl (C=O) groups is 2. The molecule has 120 valence electrons. The van der Waals surface area contributed by atoms with Gasteiger partial charge in [-0.25, -0.2) is 9.59 Å². The van der Waals surface area contributed by atoms with Crippen molar-refractivity contribution >= 4 is 22.7 Å². The van der Waals surface area contributed by atoms with Crippen LogP contribution in [0, 0.1) is 24.1 Å². The molecule has 0 fully saturated rings. The van der Waals surface area contributed by atoms with E-state index in [0.717, 1.165) is 10.8 Å². The summed E-state index contributed by atoms with van der Waals surface area (Å²) in [6.07, 6.45) is 4.52. The fraction of sp³-hybridized carbons (Fsp3) is 0.111. The molecule has 2 aromatic carbocycles. The van der Waals surface area contributed by atoms with E-state index < -0.39 is 11.9 Å². The van der Waals surface area contributed by atoms with E-state index in [2.05, 4.69) is 33.5 Å². The number of methoxy groups -OCH3 is 2. The van der Waals surface area contributed by atoms with Gasteiger partial charge in [-0.3, -0.25) is 0 Å². The number of benzene rings is 2. The fourth-order valence-electron chi connectivity index (χ4n) is 1.68. The van der Waals surface area contributed by atoms with Gasteiger partial charge in [0.15, 0.2) is 0 Å². The topological polar surface area (TPSA) is 71.1 Å². The molecular weight excluding hydrogens is 312 g/mol. The molecule has 2 rings (SSSR count). The van der Waals surface area contributed by atoms with Crippen molar-refractivity contribution in [3.63, 3.8) is 0 Å². The molecule has 0 unspecified atom stereocenters. The lowest BCUT2D eigenvalue weighted by Gasteiger charge is -2.03. The van der Waals surface area contributed by atoms with Crippen LogP contribution in [0.2, 0.25) is 0 Å². The Balaban J connectivity index is 2.12. The highest BCUT2D eigenvalue weighted by Gasteiger charge is 2.00. The SMILES string of the molecule is COC(=O)C#COc1ccc2cc(OC#CC(=O)OC)ccc2c1. The van der Waals surface area contributed by atoms with Crippen molar-refractivity contribution in [1.82, 2.24) is 0 Å². The minimum Gasteiger partial charge on any atom is -0.459 e. The molecule has 0 saturated heterocycles. The minimum atomic E-state index is -0.675. The molecule has 2 aromatic rings. The molecule has 0 heterocycles. The van der Waals surface area contributed by atoms with Crippen molar-refractivity contribution in [2.75, 3.05) is 14.2 Å². The second-order valence-electron chi connectivity index (χ2n) is 4.31. The summed E-state index contributed by atoms with van der Waals surface area (Å²) in [5.41, 5.74) is 0. The van der Waals surface area contributed by atoms with Crippen LogP contribution in [0.5, 0.6) is 11.5 Å². The Kier molecular flexibility index (Phi) is 5.65. The van der Waals surface area contributed by atoms with Crippen molar-refractivity contribution in [2.24, 2.45) is 0 Å². The molecular formula is C18H12O6. The average molecular weight is 324 g/mol. The predicted molar refractivity (Wildman–Crippen MR) is 84.8 cm³/mol. The van der Waals surface area contributed by atoms with Crippen LogP contribution in [0.3, 0.4) is 0 Å². The summed E-state index contributed by atoms with van der Waals surface area (Å²) in [6.45, 7) is 0. The lowest BCUT2D eigenvalue weighted by molar-refractivity contribution is -0.134. The van der Waals surface area contributed by atoms with Crippen molar-refractivity contribution in [1.29, 1.82) is 0 Å². The summed E-state index contributed by atoms with van der Waals surface area (Å²) >= 11 is 0. The number of hydrogen-bond donors (Lipinski definition) is 0. The number of carbonyl (C=O) groups excluding carboxylic acids is 2. The highest BCUT2D eigenvalue weighted by atomic mass is 16.5. The molecule has 6 heteroatoms. The Morgan fingerprint density at radius 1 is 0.750 bits per heavy atom. The third-order valence-corrected chi connectivity index (χ3v) is 2.80. The van der Waals surface area contributed by atoms with Crippen LogP contribution < -0.4 is 9.47 Å². The van der Waals surface area contributed by atoms with Crippen LogP contribution in [0.1, 0.15) is 0 Å². The first-order valence-corrected chi connectivity index (χ1v) is 6.68. The molecule has 0 saturated carbocycles. The van der Waals surface area contributed by atoms with Gasteiger partial charge in [-0.15, -0.1) is 0 Å². The zero-order chi connectivity index (χ0) is 17.4. The molecule has 24 heavy (non-hydrogen) atoms. The van der Waals surface area contributed by atoms with Gasteiger partial charge in [0.1, 0.15) is 23.7 Å². The molecule has 0 amide bonds. The molecule has 6 nitrogen and oxygen atoms in total. The monoisotopic (exact) mass is 324 g/mol. The van der Waals surface area contributed by atoms with Crippen LogP contribution in [-0.2, 0) is 19.1 Å². The summed E-state index contributed by atoms with van der Waals surface area (Å²) in [5, 5.41) is 1.75. The van der Waals surface area contributed by atoms with Crippen LogP contribution in [0.4, 0.5) is 0 Å². The van der Waals surface area contributed by atoms with Crippen molar-refractivity contribution < 1.29 is 28.5 Å². The molecule has 0 aromatic heterocycles. The summed E-state index contributed by atoms with van der Waals surface area (Å²) in [4.78, 5) is 21.7. The molecule has 0 N–H and O–H groups in total. The molecule has 0 bridgehead atoms. The highest BCUT2D eigenvalue weighted by Crippen LogP contribution is 2.24. The van der Waals surface area contributed by atoms with Gasteiger partial charge in [0.2, 0.25) is 0 Å². The highest BCUT2D eigenvalue weighted by molar-refractivity contribution is 5.88. The molecule has 0 aliphatic rings. The smallest absolute Gasteiger partial charge is 0.387 e. The van der Waals surface area contributed by atoms with Gasteiger partial charge in [-0.1, -0.05) is 12.1 Å². The lowest BCUT2D eigenvalue weighted by Crippen LogP contribution is -1.96. The Morgan fingerprint density at radius 3 is 1.54 bits per heavy atom. The number of fused-ring (bicyclic) bond motifs is 1. The normalized spacial score (nSPS) is 8.92. The van der Waals surface area contributed by atoms with E-state index in [1.54, 1.807) is 36.4 Å². The zero-order valence-corrected chi connectivity index (χ0v) is 12.9. The van der Waals surface area contributed by atoms with Crippen molar-refractivity contribution in [3.8, 4) is 35.6 Å². The Bertz CT molecular complexity index is 817. The molecule has 0 aliphatic heterocycles. The first-order chi connectivity index (χ1) is 11.6. The number of hydrogen-bond acceptors (Lipinski definition) is 6. The van der Waals surface area contributed by atoms with Crippen LogP contribution in [-0.4, -0.2) is 26.2 Å². The van der Waals surface area contributed by atoms with Gasteiger partial charge in [-0.05, 0) is 35.0 Å². The van der Waals surface area contributed by atoms with E-state index in [1.165, 1.54) is 14.2 Å². The summed E-state index contributed by atoms with van der Waals surface area (Å²) in [5.74, 6) is 3.96. The summed E-state index contributed by atoms with van der Waals surface area (Å²) in [6, 6.07) is 10.5. The maximum absolute atomic E-state index is 10.9. The Hall–Kier alpha value is -3.64.